The SMILES string of the molecule is COC(C)(C)CNS(=O)(=O)c1ccc(CNC(C)(C)C)o1. The summed E-state index contributed by atoms with van der Waals surface area (Å²) in [5.41, 5.74) is -0.636. The summed E-state index contributed by atoms with van der Waals surface area (Å²) in [6.45, 7) is 10.3. The Morgan fingerprint density at radius 3 is 2.33 bits per heavy atom. The minimum absolute atomic E-state index is 0.0629. The van der Waals surface area contributed by atoms with E-state index in [2.05, 4.69) is 10.0 Å². The van der Waals surface area contributed by atoms with E-state index in [0.29, 0.717) is 12.3 Å². The van der Waals surface area contributed by atoms with Crippen LogP contribution in [0.15, 0.2) is 21.6 Å². The number of hydrogen-bond acceptors (Lipinski definition) is 5. The summed E-state index contributed by atoms with van der Waals surface area (Å²) >= 11 is 0. The molecule has 0 saturated carbocycles. The molecule has 1 rings (SSSR count). The third kappa shape index (κ3) is 6.17. The molecule has 0 amide bonds. The van der Waals surface area contributed by atoms with Crippen molar-refractivity contribution < 1.29 is 17.6 Å². The van der Waals surface area contributed by atoms with Gasteiger partial charge in [0.2, 0.25) is 5.09 Å². The highest BCUT2D eigenvalue weighted by molar-refractivity contribution is 7.89. The topological polar surface area (TPSA) is 80.6 Å². The molecule has 0 fully saturated rings. The summed E-state index contributed by atoms with van der Waals surface area (Å²) in [4.78, 5) is 0. The van der Waals surface area contributed by atoms with Crippen molar-refractivity contribution in [3.63, 3.8) is 0 Å². The number of methoxy groups -OCH3 is 1. The third-order valence-electron chi connectivity index (χ3n) is 2.94. The molecule has 0 saturated heterocycles. The maximum Gasteiger partial charge on any atom is 0.274 e. The predicted octanol–water partition coefficient (Wildman–Crippen LogP) is 1.87. The molecular weight excluding hydrogens is 292 g/mol. The number of nitrogens with one attached hydrogen (secondary N) is 2. The van der Waals surface area contributed by atoms with Crippen LogP contribution >= 0.6 is 0 Å². The second-order valence-corrected chi connectivity index (χ2v) is 8.31. The summed E-state index contributed by atoms with van der Waals surface area (Å²) in [5.74, 6) is 0.580. The number of ether oxygens (including phenoxy) is 1. The highest BCUT2D eigenvalue weighted by atomic mass is 32.2. The van der Waals surface area contributed by atoms with Crippen molar-refractivity contribution >= 4 is 10.0 Å². The van der Waals surface area contributed by atoms with Crippen LogP contribution in [0.2, 0.25) is 0 Å². The van der Waals surface area contributed by atoms with Crippen LogP contribution in [0, 0.1) is 0 Å². The first-order valence-corrected chi connectivity index (χ1v) is 8.32. The molecule has 6 nitrogen and oxygen atoms in total. The zero-order valence-electron chi connectivity index (χ0n) is 13.6. The van der Waals surface area contributed by atoms with Crippen molar-refractivity contribution in [1.29, 1.82) is 0 Å². The van der Waals surface area contributed by atoms with Crippen molar-refractivity contribution in [2.24, 2.45) is 0 Å². The fraction of sp³-hybridized carbons (Fsp3) is 0.714. The molecule has 1 aromatic rings. The van der Waals surface area contributed by atoms with Crippen LogP contribution in [0.25, 0.3) is 0 Å². The lowest BCUT2D eigenvalue weighted by molar-refractivity contribution is 0.0275. The predicted molar refractivity (Wildman–Crippen MR) is 81.6 cm³/mol. The maximum atomic E-state index is 12.1. The lowest BCUT2D eigenvalue weighted by Gasteiger charge is -2.22. The average molecular weight is 318 g/mol. The van der Waals surface area contributed by atoms with Gasteiger partial charge in [0.1, 0.15) is 5.76 Å². The molecule has 0 radical (unpaired) electrons. The Labute approximate surface area is 127 Å². The second kappa shape index (κ2) is 6.48. The molecule has 7 heteroatoms. The van der Waals surface area contributed by atoms with Gasteiger partial charge < -0.3 is 14.5 Å². The van der Waals surface area contributed by atoms with Gasteiger partial charge in [0.25, 0.3) is 10.0 Å². The van der Waals surface area contributed by atoms with Gasteiger partial charge in [-0.2, -0.15) is 0 Å². The van der Waals surface area contributed by atoms with Crippen molar-refractivity contribution in [2.75, 3.05) is 13.7 Å². The molecule has 0 aliphatic rings. The quantitative estimate of drug-likeness (QED) is 0.802. The Hall–Kier alpha value is -0.890. The van der Waals surface area contributed by atoms with Gasteiger partial charge in [-0.25, -0.2) is 13.1 Å². The van der Waals surface area contributed by atoms with E-state index in [1.165, 1.54) is 13.2 Å². The van der Waals surface area contributed by atoms with Crippen LogP contribution in [0.4, 0.5) is 0 Å². The zero-order chi connectivity index (χ0) is 16.3. The number of hydrogen-bond donors (Lipinski definition) is 2. The van der Waals surface area contributed by atoms with E-state index in [1.807, 2.05) is 20.8 Å². The van der Waals surface area contributed by atoms with Crippen LogP contribution in [0.1, 0.15) is 40.4 Å². The number of rotatable bonds is 7. The Balaban J connectivity index is 2.70. The molecule has 122 valence electrons. The van der Waals surface area contributed by atoms with Crippen LogP contribution in [-0.2, 0) is 21.3 Å². The highest BCUT2D eigenvalue weighted by Crippen LogP contribution is 2.16. The van der Waals surface area contributed by atoms with Crippen LogP contribution in [0.3, 0.4) is 0 Å². The van der Waals surface area contributed by atoms with Gasteiger partial charge in [0, 0.05) is 19.2 Å². The molecule has 0 bridgehead atoms. The smallest absolute Gasteiger partial charge is 0.274 e. The van der Waals surface area contributed by atoms with Crippen LogP contribution in [-0.4, -0.2) is 33.2 Å². The average Bonchev–Trinajstić information content (AvgIpc) is 2.83. The van der Waals surface area contributed by atoms with E-state index in [0.717, 1.165) is 0 Å². The Kier molecular flexibility index (Phi) is 5.60. The van der Waals surface area contributed by atoms with E-state index in [9.17, 15) is 8.42 Å². The van der Waals surface area contributed by atoms with Crippen LogP contribution < -0.4 is 10.0 Å². The van der Waals surface area contributed by atoms with Crippen molar-refractivity contribution in [1.82, 2.24) is 10.0 Å². The fourth-order valence-electron chi connectivity index (χ4n) is 1.36. The van der Waals surface area contributed by atoms with Gasteiger partial charge in [0.15, 0.2) is 0 Å². The van der Waals surface area contributed by atoms with Gasteiger partial charge in [-0.3, -0.25) is 0 Å². The molecule has 2 N–H and O–H groups in total. The van der Waals surface area contributed by atoms with Gasteiger partial charge in [-0.1, -0.05) is 0 Å². The number of sulfonamides is 1. The standard InChI is InChI=1S/C14H26N2O4S/c1-13(2,3)15-9-11-7-8-12(20-11)21(17,18)16-10-14(4,5)19-6/h7-8,15-16H,9-10H2,1-6H3. The molecule has 0 unspecified atom stereocenters. The Bertz CT molecular complexity index is 556. The molecule has 1 heterocycles. The number of furan rings is 1. The van der Waals surface area contributed by atoms with Crippen molar-refractivity contribution in [3.05, 3.63) is 17.9 Å². The van der Waals surface area contributed by atoms with E-state index in [4.69, 9.17) is 9.15 Å². The second-order valence-electron chi connectivity index (χ2n) is 6.61. The Morgan fingerprint density at radius 2 is 1.81 bits per heavy atom. The first kappa shape index (κ1) is 18.2. The molecule has 0 aromatic carbocycles. The summed E-state index contributed by atoms with van der Waals surface area (Å²) in [7, 11) is -2.12. The molecule has 0 atom stereocenters. The van der Waals surface area contributed by atoms with E-state index >= 15 is 0 Å². The lowest BCUT2D eigenvalue weighted by Crippen LogP contribution is -2.39. The monoisotopic (exact) mass is 318 g/mol. The first-order valence-electron chi connectivity index (χ1n) is 6.84. The lowest BCUT2D eigenvalue weighted by atomic mass is 10.1. The fourth-order valence-corrected chi connectivity index (χ4v) is 2.51. The normalized spacial score (nSPS) is 13.6. The van der Waals surface area contributed by atoms with Crippen molar-refractivity contribution in [2.45, 2.75) is 57.4 Å². The van der Waals surface area contributed by atoms with E-state index in [1.54, 1.807) is 19.9 Å². The van der Waals surface area contributed by atoms with Crippen molar-refractivity contribution in [3.8, 4) is 0 Å². The molecular formula is C14H26N2O4S. The van der Waals surface area contributed by atoms with Gasteiger partial charge in [-0.15, -0.1) is 0 Å². The molecule has 1 aromatic heterocycles. The van der Waals surface area contributed by atoms with Gasteiger partial charge in [0.05, 0.1) is 12.1 Å². The zero-order valence-corrected chi connectivity index (χ0v) is 14.4. The minimum atomic E-state index is -3.66. The maximum absolute atomic E-state index is 12.1. The van der Waals surface area contributed by atoms with E-state index < -0.39 is 15.6 Å². The summed E-state index contributed by atoms with van der Waals surface area (Å²) in [6, 6.07) is 3.12. The first-order chi connectivity index (χ1) is 9.45. The van der Waals surface area contributed by atoms with Crippen LogP contribution in [0.5, 0.6) is 0 Å². The molecule has 21 heavy (non-hydrogen) atoms. The summed E-state index contributed by atoms with van der Waals surface area (Å²) in [5, 5.41) is 3.16. The summed E-state index contributed by atoms with van der Waals surface area (Å²) in [6.07, 6.45) is 0. The minimum Gasteiger partial charge on any atom is -0.447 e. The summed E-state index contributed by atoms with van der Waals surface area (Å²) < 4.78 is 37.3. The van der Waals surface area contributed by atoms with E-state index in [-0.39, 0.29) is 17.2 Å². The van der Waals surface area contributed by atoms with Gasteiger partial charge >= 0.3 is 0 Å². The highest BCUT2D eigenvalue weighted by Gasteiger charge is 2.24. The Morgan fingerprint density at radius 1 is 1.19 bits per heavy atom. The third-order valence-corrected chi connectivity index (χ3v) is 4.21. The molecule has 0 spiro atoms. The van der Waals surface area contributed by atoms with Gasteiger partial charge in [-0.05, 0) is 46.8 Å². The molecule has 0 aliphatic heterocycles. The molecule has 0 aliphatic carbocycles. The largest absolute Gasteiger partial charge is 0.447 e.